The van der Waals surface area contributed by atoms with Gasteiger partial charge in [0.1, 0.15) is 11.3 Å². The van der Waals surface area contributed by atoms with Gasteiger partial charge in [0.15, 0.2) is 6.29 Å². The summed E-state index contributed by atoms with van der Waals surface area (Å²) in [6, 6.07) is 5.46. The molecule has 0 bridgehead atoms. The molecule has 0 aromatic carbocycles. The lowest BCUT2D eigenvalue weighted by molar-refractivity contribution is 0.111. The molecule has 0 saturated heterocycles. The number of carbonyl (C=O) groups is 1. The summed E-state index contributed by atoms with van der Waals surface area (Å²) in [6.45, 7) is 0.408. The van der Waals surface area contributed by atoms with Gasteiger partial charge in [-0.2, -0.15) is 4.98 Å². The summed E-state index contributed by atoms with van der Waals surface area (Å²) in [4.78, 5) is 15.1. The van der Waals surface area contributed by atoms with Crippen LogP contribution in [0.3, 0.4) is 0 Å². The zero-order valence-corrected chi connectivity index (χ0v) is 8.67. The topological polar surface area (TPSA) is 63.8 Å². The normalized spacial score (nSPS) is 10.6. The molecule has 0 fully saturated rings. The lowest BCUT2D eigenvalue weighted by Crippen LogP contribution is -2.02. The van der Waals surface area contributed by atoms with Gasteiger partial charge < -0.3 is 9.84 Å². The standard InChI is InChI=1S/C11H12N2O3/c14-6-3-7-16-11-9(8-15)13-5-2-1-4-10(13)12-11/h1-2,4-5,8,14H,3,6-7H2. The number of pyridine rings is 1. The largest absolute Gasteiger partial charge is 0.476 e. The van der Waals surface area contributed by atoms with E-state index in [4.69, 9.17) is 9.84 Å². The van der Waals surface area contributed by atoms with E-state index in [2.05, 4.69) is 4.98 Å². The van der Waals surface area contributed by atoms with Crippen LogP contribution in [0.5, 0.6) is 5.88 Å². The van der Waals surface area contributed by atoms with Gasteiger partial charge in [0.25, 0.3) is 0 Å². The monoisotopic (exact) mass is 220 g/mol. The Morgan fingerprint density at radius 3 is 3.12 bits per heavy atom. The summed E-state index contributed by atoms with van der Waals surface area (Å²) < 4.78 is 7.00. The van der Waals surface area contributed by atoms with Gasteiger partial charge in [-0.25, -0.2) is 0 Å². The second-order valence-corrected chi connectivity index (χ2v) is 3.27. The lowest BCUT2D eigenvalue weighted by Gasteiger charge is -2.01. The van der Waals surface area contributed by atoms with Gasteiger partial charge in [-0.3, -0.25) is 9.20 Å². The van der Waals surface area contributed by atoms with E-state index in [1.54, 1.807) is 16.7 Å². The molecule has 0 radical (unpaired) electrons. The van der Waals surface area contributed by atoms with Crippen molar-refractivity contribution in [3.8, 4) is 5.88 Å². The van der Waals surface area contributed by atoms with E-state index in [9.17, 15) is 4.79 Å². The van der Waals surface area contributed by atoms with Crippen molar-refractivity contribution in [2.45, 2.75) is 6.42 Å². The average Bonchev–Trinajstić information content (AvgIpc) is 2.67. The maximum atomic E-state index is 10.9. The molecule has 0 atom stereocenters. The van der Waals surface area contributed by atoms with Crippen LogP contribution >= 0.6 is 0 Å². The second-order valence-electron chi connectivity index (χ2n) is 3.27. The van der Waals surface area contributed by atoms with Crippen LogP contribution in [-0.2, 0) is 0 Å². The van der Waals surface area contributed by atoms with Crippen molar-refractivity contribution in [1.82, 2.24) is 9.38 Å². The molecule has 2 rings (SSSR count). The van der Waals surface area contributed by atoms with Gasteiger partial charge in [0.05, 0.1) is 6.61 Å². The molecule has 0 aliphatic carbocycles. The van der Waals surface area contributed by atoms with E-state index < -0.39 is 0 Å². The molecule has 0 amide bonds. The van der Waals surface area contributed by atoms with E-state index in [1.807, 2.05) is 12.1 Å². The number of imidazole rings is 1. The van der Waals surface area contributed by atoms with Gasteiger partial charge in [0.2, 0.25) is 5.88 Å². The molecule has 16 heavy (non-hydrogen) atoms. The van der Waals surface area contributed by atoms with Gasteiger partial charge >= 0.3 is 0 Å². The summed E-state index contributed by atoms with van der Waals surface area (Å²) in [5, 5.41) is 8.64. The molecular formula is C11H12N2O3. The van der Waals surface area contributed by atoms with Crippen molar-refractivity contribution in [1.29, 1.82) is 0 Å². The number of aliphatic hydroxyl groups excluding tert-OH is 1. The third kappa shape index (κ3) is 1.90. The minimum atomic E-state index is 0.0593. The fourth-order valence-corrected chi connectivity index (χ4v) is 1.44. The van der Waals surface area contributed by atoms with Crippen molar-refractivity contribution < 1.29 is 14.6 Å². The summed E-state index contributed by atoms with van der Waals surface area (Å²) >= 11 is 0. The molecule has 2 aromatic heterocycles. The first-order valence-corrected chi connectivity index (χ1v) is 5.02. The maximum absolute atomic E-state index is 10.9. The average molecular weight is 220 g/mol. The fourth-order valence-electron chi connectivity index (χ4n) is 1.44. The van der Waals surface area contributed by atoms with Gasteiger partial charge in [0, 0.05) is 19.2 Å². The van der Waals surface area contributed by atoms with E-state index >= 15 is 0 Å². The molecule has 2 aromatic rings. The highest BCUT2D eigenvalue weighted by Gasteiger charge is 2.11. The van der Waals surface area contributed by atoms with Crippen molar-refractivity contribution >= 4 is 11.9 Å². The number of hydrogen-bond donors (Lipinski definition) is 1. The molecule has 0 saturated carbocycles. The Bertz CT molecular complexity index is 493. The third-order valence-corrected chi connectivity index (χ3v) is 2.19. The number of aldehydes is 1. The molecule has 0 aliphatic heterocycles. The number of carbonyl (C=O) groups excluding carboxylic acids is 1. The zero-order chi connectivity index (χ0) is 11.4. The Morgan fingerprint density at radius 1 is 1.50 bits per heavy atom. The molecule has 2 heterocycles. The van der Waals surface area contributed by atoms with Crippen LogP contribution in [0.15, 0.2) is 24.4 Å². The fraction of sp³-hybridized carbons (Fsp3) is 0.273. The smallest absolute Gasteiger partial charge is 0.243 e. The van der Waals surface area contributed by atoms with Crippen LogP contribution in [0.25, 0.3) is 5.65 Å². The van der Waals surface area contributed by atoms with Crippen LogP contribution < -0.4 is 4.74 Å². The summed E-state index contributed by atoms with van der Waals surface area (Å²) in [5.41, 5.74) is 1.07. The minimum Gasteiger partial charge on any atom is -0.476 e. The van der Waals surface area contributed by atoms with Crippen LogP contribution in [0.4, 0.5) is 0 Å². The Morgan fingerprint density at radius 2 is 2.38 bits per heavy atom. The van der Waals surface area contributed by atoms with Crippen molar-refractivity contribution in [2.24, 2.45) is 0 Å². The van der Waals surface area contributed by atoms with Crippen LogP contribution in [0.2, 0.25) is 0 Å². The molecule has 0 unspecified atom stereocenters. The highest BCUT2D eigenvalue weighted by atomic mass is 16.5. The number of nitrogens with zero attached hydrogens (tertiary/aromatic N) is 2. The number of aliphatic hydroxyl groups is 1. The van der Waals surface area contributed by atoms with Crippen LogP contribution in [0.1, 0.15) is 16.9 Å². The van der Waals surface area contributed by atoms with Gasteiger partial charge in [-0.05, 0) is 12.1 Å². The summed E-state index contributed by atoms with van der Waals surface area (Å²) in [5.74, 6) is 0.314. The Kier molecular flexibility index (Phi) is 3.16. The first kappa shape index (κ1) is 10.6. The number of rotatable bonds is 5. The summed E-state index contributed by atoms with van der Waals surface area (Å²) in [6.07, 6.45) is 2.99. The molecule has 84 valence electrons. The molecule has 0 aliphatic rings. The Labute approximate surface area is 92.3 Å². The van der Waals surface area contributed by atoms with E-state index in [-0.39, 0.29) is 6.61 Å². The van der Waals surface area contributed by atoms with Crippen LogP contribution in [0, 0.1) is 0 Å². The first-order chi connectivity index (χ1) is 7.86. The lowest BCUT2D eigenvalue weighted by atomic mass is 10.4. The number of hydrogen-bond acceptors (Lipinski definition) is 4. The summed E-state index contributed by atoms with van der Waals surface area (Å²) in [7, 11) is 0. The molecule has 1 N–H and O–H groups in total. The quantitative estimate of drug-likeness (QED) is 0.601. The predicted octanol–water partition coefficient (Wildman–Crippen LogP) is 0.908. The van der Waals surface area contributed by atoms with E-state index in [0.29, 0.717) is 36.5 Å². The number of fused-ring (bicyclic) bond motifs is 1. The minimum absolute atomic E-state index is 0.0593. The molecule has 5 nitrogen and oxygen atoms in total. The van der Waals surface area contributed by atoms with E-state index in [1.165, 1.54) is 0 Å². The third-order valence-electron chi connectivity index (χ3n) is 2.19. The number of aromatic nitrogens is 2. The Hall–Kier alpha value is -1.88. The molecule has 5 heteroatoms. The Balaban J connectivity index is 2.33. The zero-order valence-electron chi connectivity index (χ0n) is 8.67. The van der Waals surface area contributed by atoms with Gasteiger partial charge in [-0.15, -0.1) is 0 Å². The maximum Gasteiger partial charge on any atom is 0.243 e. The molecule has 0 spiro atoms. The van der Waals surface area contributed by atoms with E-state index in [0.717, 1.165) is 0 Å². The number of ether oxygens (including phenoxy) is 1. The van der Waals surface area contributed by atoms with Crippen molar-refractivity contribution in [3.63, 3.8) is 0 Å². The SMILES string of the molecule is O=Cc1c(OCCCO)nc2ccccn12. The second kappa shape index (κ2) is 4.76. The predicted molar refractivity (Wildman–Crippen MR) is 57.8 cm³/mol. The van der Waals surface area contributed by atoms with Crippen LogP contribution in [-0.4, -0.2) is 34.0 Å². The highest BCUT2D eigenvalue weighted by Crippen LogP contribution is 2.17. The van der Waals surface area contributed by atoms with Crippen molar-refractivity contribution in [2.75, 3.05) is 13.2 Å². The van der Waals surface area contributed by atoms with Crippen molar-refractivity contribution in [3.05, 3.63) is 30.1 Å². The van der Waals surface area contributed by atoms with Gasteiger partial charge in [-0.1, -0.05) is 6.07 Å². The first-order valence-electron chi connectivity index (χ1n) is 5.02. The molecular weight excluding hydrogens is 208 g/mol. The highest BCUT2D eigenvalue weighted by molar-refractivity contribution is 5.78.